The van der Waals surface area contributed by atoms with Gasteiger partial charge in [-0.3, -0.25) is 4.79 Å². The quantitative estimate of drug-likeness (QED) is 0.565. The van der Waals surface area contributed by atoms with Gasteiger partial charge in [-0.05, 0) is 29.7 Å². The Kier molecular flexibility index (Phi) is 2.98. The van der Waals surface area contributed by atoms with Gasteiger partial charge in [0.25, 0.3) is 0 Å². The predicted octanol–water partition coefficient (Wildman–Crippen LogP) is 2.68. The predicted molar refractivity (Wildman–Crippen MR) is 63.8 cm³/mol. The molecule has 0 saturated carbocycles. The van der Waals surface area contributed by atoms with E-state index in [1.807, 2.05) is 0 Å². The largest absolute Gasteiger partial charge is 0.507 e. The Labute approximate surface area is 96.1 Å². The summed E-state index contributed by atoms with van der Waals surface area (Å²) >= 11 is 0.580. The Balaban J connectivity index is 2.60. The third kappa shape index (κ3) is 1.95. The molecule has 3 N–H and O–H groups in total. The zero-order valence-corrected chi connectivity index (χ0v) is 8.99. The van der Waals surface area contributed by atoms with Crippen LogP contribution in [0.4, 0.5) is 5.69 Å². The van der Waals surface area contributed by atoms with Crippen LogP contribution < -0.4 is 5.32 Å². The lowest BCUT2D eigenvalue weighted by atomic mass is 10.1. The van der Waals surface area contributed by atoms with Crippen molar-refractivity contribution in [2.75, 3.05) is 5.32 Å². The summed E-state index contributed by atoms with van der Waals surface area (Å²) in [5, 5.41) is 13.7. The maximum atomic E-state index is 10.3. The molecule has 2 aromatic carbocycles. The topological polar surface area (TPSA) is 69.6 Å². The molecule has 0 aliphatic carbocycles. The molecule has 1 amide bonds. The summed E-state index contributed by atoms with van der Waals surface area (Å²) in [5.41, 5.74) is 0.613. The second-order valence-electron chi connectivity index (χ2n) is 3.23. The number of phenols is 1. The van der Waals surface area contributed by atoms with Crippen LogP contribution in [0.15, 0.2) is 35.2 Å². The number of carbonyl (C=O) groups excluding carboxylic acids is 1. The van der Waals surface area contributed by atoms with E-state index in [1.54, 1.807) is 24.3 Å². The van der Waals surface area contributed by atoms with E-state index in [1.165, 1.54) is 6.07 Å². The van der Waals surface area contributed by atoms with E-state index >= 15 is 0 Å². The lowest BCUT2D eigenvalue weighted by Crippen LogP contribution is -1.92. The highest BCUT2D eigenvalue weighted by molar-refractivity contribution is 7.93. The number of anilines is 1. The molecule has 5 heteroatoms. The Morgan fingerprint density at radius 2 is 2.06 bits per heavy atom. The van der Waals surface area contributed by atoms with Crippen LogP contribution in [0.5, 0.6) is 5.75 Å². The zero-order chi connectivity index (χ0) is 11.5. The second kappa shape index (κ2) is 4.42. The first-order chi connectivity index (χ1) is 7.74. The van der Waals surface area contributed by atoms with Crippen LogP contribution in [0.3, 0.4) is 0 Å². The number of hydrogen-bond donors (Lipinski definition) is 3. The molecule has 0 heterocycles. The first kappa shape index (κ1) is 10.8. The molecule has 16 heavy (non-hydrogen) atoms. The van der Waals surface area contributed by atoms with E-state index in [0.717, 1.165) is 5.39 Å². The first-order valence-electron chi connectivity index (χ1n) is 4.53. The summed E-state index contributed by atoms with van der Waals surface area (Å²) in [6.07, 6.45) is 0.580. The van der Waals surface area contributed by atoms with Gasteiger partial charge in [0, 0.05) is 28.0 Å². The number of fused-ring (bicyclic) bond motifs is 1. The maximum Gasteiger partial charge on any atom is 0.211 e. The van der Waals surface area contributed by atoms with Crippen molar-refractivity contribution >= 4 is 34.9 Å². The third-order valence-corrected chi connectivity index (χ3v) is 2.68. The highest BCUT2D eigenvalue weighted by Gasteiger charge is 2.04. The van der Waals surface area contributed by atoms with E-state index in [0.29, 0.717) is 34.4 Å². The summed E-state index contributed by atoms with van der Waals surface area (Å²) in [7, 11) is 0. The van der Waals surface area contributed by atoms with Crippen molar-refractivity contribution in [3.8, 4) is 5.75 Å². The molecular formula is C11H9NO3S. The molecule has 0 unspecified atom stereocenters. The van der Waals surface area contributed by atoms with Gasteiger partial charge in [-0.25, -0.2) is 0 Å². The molecular weight excluding hydrogens is 226 g/mol. The lowest BCUT2D eigenvalue weighted by Gasteiger charge is -2.05. The van der Waals surface area contributed by atoms with Crippen molar-refractivity contribution in [3.05, 3.63) is 30.3 Å². The molecule has 0 aliphatic rings. The molecule has 0 radical (unpaired) electrons. The number of hydrogen-bond acceptors (Lipinski definition) is 4. The van der Waals surface area contributed by atoms with Crippen LogP contribution in [0, 0.1) is 0 Å². The van der Waals surface area contributed by atoms with Crippen molar-refractivity contribution in [2.45, 2.75) is 4.90 Å². The second-order valence-corrected chi connectivity index (χ2v) is 3.89. The Morgan fingerprint density at radius 1 is 1.25 bits per heavy atom. The molecule has 0 fully saturated rings. The fourth-order valence-electron chi connectivity index (χ4n) is 1.52. The van der Waals surface area contributed by atoms with Gasteiger partial charge in [-0.15, -0.1) is 0 Å². The van der Waals surface area contributed by atoms with Crippen LogP contribution in [0.25, 0.3) is 10.8 Å². The van der Waals surface area contributed by atoms with Crippen molar-refractivity contribution in [2.24, 2.45) is 0 Å². The van der Waals surface area contributed by atoms with Crippen molar-refractivity contribution < 1.29 is 14.5 Å². The Morgan fingerprint density at radius 3 is 2.75 bits per heavy atom. The fraction of sp³-hybridized carbons (Fsp3) is 0. The van der Waals surface area contributed by atoms with E-state index in [4.69, 9.17) is 4.55 Å². The molecule has 0 aliphatic heterocycles. The highest BCUT2D eigenvalue weighted by atomic mass is 32.2. The molecule has 0 spiro atoms. The molecule has 2 rings (SSSR count). The molecule has 0 saturated heterocycles. The lowest BCUT2D eigenvalue weighted by molar-refractivity contribution is -0.105. The van der Waals surface area contributed by atoms with Crippen LogP contribution in [0.2, 0.25) is 0 Å². The van der Waals surface area contributed by atoms with Gasteiger partial charge in [0.2, 0.25) is 6.41 Å². The van der Waals surface area contributed by atoms with Gasteiger partial charge < -0.3 is 15.0 Å². The van der Waals surface area contributed by atoms with E-state index < -0.39 is 0 Å². The number of benzene rings is 2. The summed E-state index contributed by atoms with van der Waals surface area (Å²) in [6.45, 7) is 0. The van der Waals surface area contributed by atoms with Gasteiger partial charge in [0.15, 0.2) is 0 Å². The number of aromatic hydroxyl groups is 1. The van der Waals surface area contributed by atoms with Gasteiger partial charge in [0.05, 0.1) is 0 Å². The average molecular weight is 235 g/mol. The van der Waals surface area contributed by atoms with Gasteiger partial charge in [-0.2, -0.15) is 0 Å². The minimum atomic E-state index is 0.0728. The van der Waals surface area contributed by atoms with Crippen molar-refractivity contribution in [1.29, 1.82) is 0 Å². The SMILES string of the molecule is O=CNc1ccc2cc(SO)cc(O)c2c1. The van der Waals surface area contributed by atoms with E-state index in [9.17, 15) is 9.90 Å². The Hall–Kier alpha value is -1.72. The maximum absolute atomic E-state index is 10.3. The molecule has 82 valence electrons. The van der Waals surface area contributed by atoms with Crippen LogP contribution in [0.1, 0.15) is 0 Å². The Bertz CT molecular complexity index is 542. The number of nitrogens with one attached hydrogen (secondary N) is 1. The molecule has 0 bridgehead atoms. The van der Waals surface area contributed by atoms with Crippen molar-refractivity contribution in [1.82, 2.24) is 0 Å². The molecule has 2 aromatic rings. The molecule has 4 nitrogen and oxygen atoms in total. The smallest absolute Gasteiger partial charge is 0.211 e. The average Bonchev–Trinajstić information content (AvgIpc) is 2.30. The van der Waals surface area contributed by atoms with Crippen molar-refractivity contribution in [3.63, 3.8) is 0 Å². The number of phenolic OH excluding ortho intramolecular Hbond substituents is 1. The number of carbonyl (C=O) groups is 1. The highest BCUT2D eigenvalue weighted by Crippen LogP contribution is 2.31. The number of rotatable bonds is 3. The van der Waals surface area contributed by atoms with Gasteiger partial charge in [-0.1, -0.05) is 6.07 Å². The summed E-state index contributed by atoms with van der Waals surface area (Å²) in [4.78, 5) is 10.9. The van der Waals surface area contributed by atoms with Crippen LogP contribution in [-0.2, 0) is 4.79 Å². The summed E-state index contributed by atoms with van der Waals surface area (Å²) in [6, 6.07) is 8.38. The minimum absolute atomic E-state index is 0.0728. The van der Waals surface area contributed by atoms with Gasteiger partial charge in [0.1, 0.15) is 5.75 Å². The first-order valence-corrected chi connectivity index (χ1v) is 5.30. The van der Waals surface area contributed by atoms with E-state index in [-0.39, 0.29) is 5.75 Å². The zero-order valence-electron chi connectivity index (χ0n) is 8.18. The molecule has 0 aromatic heterocycles. The third-order valence-electron chi connectivity index (χ3n) is 2.24. The van der Waals surface area contributed by atoms with E-state index in [2.05, 4.69) is 5.32 Å². The summed E-state index contributed by atoms with van der Waals surface area (Å²) in [5.74, 6) is 0.0728. The van der Waals surface area contributed by atoms with Crippen LogP contribution >= 0.6 is 12.0 Å². The minimum Gasteiger partial charge on any atom is -0.507 e. The normalized spacial score (nSPS) is 10.3. The standard InChI is InChI=1S/C11H9NO3S/c13-6-12-8-2-1-7-3-9(16-15)5-11(14)10(7)4-8/h1-6,14-15H,(H,12,13). The summed E-state index contributed by atoms with van der Waals surface area (Å²) < 4.78 is 8.91. The fourth-order valence-corrected chi connectivity index (χ4v) is 1.87. The van der Waals surface area contributed by atoms with Gasteiger partial charge >= 0.3 is 0 Å². The molecule has 0 atom stereocenters. The number of amides is 1. The monoisotopic (exact) mass is 235 g/mol. The van der Waals surface area contributed by atoms with Crippen LogP contribution in [-0.4, -0.2) is 16.1 Å².